The van der Waals surface area contributed by atoms with Crippen LogP contribution in [-0.4, -0.2) is 29.2 Å². The highest BCUT2D eigenvalue weighted by atomic mass is 16.4. The van der Waals surface area contributed by atoms with Gasteiger partial charge in [0.15, 0.2) is 0 Å². The quantitative estimate of drug-likeness (QED) is 0.607. The summed E-state index contributed by atoms with van der Waals surface area (Å²) in [5, 5.41) is 8.80. The van der Waals surface area contributed by atoms with Crippen molar-refractivity contribution >= 4 is 18.5 Å². The van der Waals surface area contributed by atoms with Crippen molar-refractivity contribution in [3.05, 3.63) is 35.4 Å². The van der Waals surface area contributed by atoms with Gasteiger partial charge in [-0.3, -0.25) is 9.98 Å². The van der Waals surface area contributed by atoms with Gasteiger partial charge in [-0.25, -0.2) is 4.79 Å². The predicted molar refractivity (Wildman–Crippen MR) is 77.0 cm³/mol. The summed E-state index contributed by atoms with van der Waals surface area (Å²) in [5.74, 6) is -0.503. The van der Waals surface area contributed by atoms with Crippen molar-refractivity contribution in [1.82, 2.24) is 0 Å². The first-order valence-electron chi connectivity index (χ1n) is 6.03. The largest absolute Gasteiger partial charge is 0.478 e. The third-order valence-corrected chi connectivity index (χ3v) is 3.22. The van der Waals surface area contributed by atoms with Crippen molar-refractivity contribution < 1.29 is 9.90 Å². The molecule has 0 saturated heterocycles. The molecule has 0 fully saturated rings. The van der Waals surface area contributed by atoms with Crippen LogP contribution in [0.15, 0.2) is 34.3 Å². The van der Waals surface area contributed by atoms with Crippen molar-refractivity contribution in [3.63, 3.8) is 0 Å². The molecule has 0 amide bonds. The predicted octanol–water partition coefficient (Wildman–Crippen LogP) is 2.11. The summed E-state index contributed by atoms with van der Waals surface area (Å²) < 4.78 is 0. The van der Waals surface area contributed by atoms with E-state index in [0.29, 0.717) is 12.4 Å². The number of nitrogens with two attached hydrogens (primary N) is 1. The van der Waals surface area contributed by atoms with Gasteiger partial charge in [-0.1, -0.05) is 19.1 Å². The van der Waals surface area contributed by atoms with Gasteiger partial charge in [0.25, 0.3) is 0 Å². The summed E-state index contributed by atoms with van der Waals surface area (Å²) in [6, 6.07) is 6.55. The zero-order valence-electron chi connectivity index (χ0n) is 11.3. The van der Waals surface area contributed by atoms with Crippen LogP contribution in [0.25, 0.3) is 0 Å². The number of hydrogen-bond donors (Lipinski definition) is 2. The molecule has 0 heterocycles. The maximum atomic E-state index is 10.7. The second-order valence-corrected chi connectivity index (χ2v) is 4.49. The Morgan fingerprint density at radius 1 is 1.42 bits per heavy atom. The van der Waals surface area contributed by atoms with Crippen LogP contribution in [-0.2, 0) is 6.54 Å². The molecule has 5 heteroatoms. The molecular weight excluding hydrogens is 242 g/mol. The summed E-state index contributed by atoms with van der Waals surface area (Å²) in [5.41, 5.74) is 6.54. The molecule has 1 rings (SSSR count). The summed E-state index contributed by atoms with van der Waals surface area (Å²) in [6.45, 7) is 7.79. The van der Waals surface area contributed by atoms with Gasteiger partial charge in [-0.05, 0) is 37.8 Å². The van der Waals surface area contributed by atoms with Crippen molar-refractivity contribution in [3.8, 4) is 0 Å². The van der Waals surface area contributed by atoms with Gasteiger partial charge in [0.1, 0.15) is 11.4 Å². The molecule has 1 unspecified atom stereocenters. The van der Waals surface area contributed by atoms with Gasteiger partial charge < -0.3 is 10.8 Å². The third kappa shape index (κ3) is 3.64. The summed E-state index contributed by atoms with van der Waals surface area (Å²) in [4.78, 5) is 19.0. The molecule has 0 aliphatic carbocycles. The standard InChI is InChI=1S/C14H19N3O2/c1-4-14(2,16-3)13(15)17-9-10-5-7-11(8-6-10)12(18)19/h5-8H,3-4,9H2,1-2H3,(H2,15,17)(H,18,19). The fourth-order valence-corrected chi connectivity index (χ4v) is 1.47. The highest BCUT2D eigenvalue weighted by molar-refractivity contribution is 5.90. The van der Waals surface area contributed by atoms with Crippen LogP contribution in [0.5, 0.6) is 0 Å². The molecule has 0 aliphatic heterocycles. The van der Waals surface area contributed by atoms with E-state index in [1.54, 1.807) is 24.3 Å². The first-order chi connectivity index (χ1) is 8.92. The van der Waals surface area contributed by atoms with Gasteiger partial charge in [0, 0.05) is 0 Å². The number of nitrogens with zero attached hydrogens (tertiary/aromatic N) is 2. The topological polar surface area (TPSA) is 88.0 Å². The highest BCUT2D eigenvalue weighted by Gasteiger charge is 2.24. The zero-order chi connectivity index (χ0) is 14.5. The van der Waals surface area contributed by atoms with E-state index in [1.165, 1.54) is 0 Å². The lowest BCUT2D eigenvalue weighted by molar-refractivity contribution is 0.0697. The maximum Gasteiger partial charge on any atom is 0.335 e. The van der Waals surface area contributed by atoms with Crippen LogP contribution in [0.4, 0.5) is 0 Å². The number of carbonyl (C=O) groups is 1. The van der Waals surface area contributed by atoms with E-state index >= 15 is 0 Å². The third-order valence-electron chi connectivity index (χ3n) is 3.22. The minimum Gasteiger partial charge on any atom is -0.478 e. The Bertz CT molecular complexity index is 494. The molecule has 1 atom stereocenters. The molecule has 0 aromatic heterocycles. The molecule has 0 radical (unpaired) electrons. The van der Waals surface area contributed by atoms with Gasteiger partial charge in [-0.15, -0.1) is 0 Å². The second kappa shape index (κ2) is 6.13. The summed E-state index contributed by atoms with van der Waals surface area (Å²) in [6.07, 6.45) is 0.726. The number of rotatable bonds is 6. The lowest BCUT2D eigenvalue weighted by atomic mass is 9.98. The van der Waals surface area contributed by atoms with E-state index in [-0.39, 0.29) is 5.56 Å². The molecular formula is C14H19N3O2. The van der Waals surface area contributed by atoms with Crippen molar-refractivity contribution in [2.24, 2.45) is 15.7 Å². The number of aromatic carboxylic acids is 1. The fraction of sp³-hybridized carbons (Fsp3) is 0.357. The van der Waals surface area contributed by atoms with Crippen LogP contribution >= 0.6 is 0 Å². The molecule has 0 saturated carbocycles. The smallest absolute Gasteiger partial charge is 0.335 e. The Hall–Kier alpha value is -2.17. The highest BCUT2D eigenvalue weighted by Crippen LogP contribution is 2.15. The first kappa shape index (κ1) is 14.9. The van der Waals surface area contributed by atoms with Crippen molar-refractivity contribution in [1.29, 1.82) is 0 Å². The maximum absolute atomic E-state index is 10.7. The van der Waals surface area contributed by atoms with Crippen LogP contribution in [0.3, 0.4) is 0 Å². The summed E-state index contributed by atoms with van der Waals surface area (Å²) >= 11 is 0. The molecule has 19 heavy (non-hydrogen) atoms. The summed E-state index contributed by atoms with van der Waals surface area (Å²) in [7, 11) is 0. The van der Waals surface area contributed by atoms with Gasteiger partial charge in [0.2, 0.25) is 0 Å². The van der Waals surface area contributed by atoms with E-state index in [4.69, 9.17) is 10.8 Å². The van der Waals surface area contributed by atoms with Crippen molar-refractivity contribution in [2.45, 2.75) is 32.4 Å². The van der Waals surface area contributed by atoms with Crippen LogP contribution in [0.2, 0.25) is 0 Å². The van der Waals surface area contributed by atoms with Crippen LogP contribution < -0.4 is 5.73 Å². The normalized spacial score (nSPS) is 14.7. The molecule has 102 valence electrons. The number of carboxylic acids is 1. The van der Waals surface area contributed by atoms with Gasteiger partial charge >= 0.3 is 5.97 Å². The molecule has 5 nitrogen and oxygen atoms in total. The van der Waals surface area contributed by atoms with E-state index in [2.05, 4.69) is 16.7 Å². The second-order valence-electron chi connectivity index (χ2n) is 4.49. The number of amidine groups is 1. The molecule has 1 aromatic carbocycles. The number of benzene rings is 1. The average Bonchev–Trinajstić information content (AvgIpc) is 2.44. The fourth-order valence-electron chi connectivity index (χ4n) is 1.47. The van der Waals surface area contributed by atoms with Gasteiger partial charge in [0.05, 0.1) is 12.1 Å². The number of aliphatic imine (C=N–C) groups is 2. The first-order valence-corrected chi connectivity index (χ1v) is 6.03. The lowest BCUT2D eigenvalue weighted by Crippen LogP contribution is -2.38. The Balaban J connectivity index is 2.80. The molecule has 0 spiro atoms. The van der Waals surface area contributed by atoms with E-state index in [0.717, 1.165) is 12.0 Å². The Kier molecular flexibility index (Phi) is 4.80. The minimum atomic E-state index is -0.941. The molecule has 1 aromatic rings. The monoisotopic (exact) mass is 261 g/mol. The molecule has 0 bridgehead atoms. The zero-order valence-corrected chi connectivity index (χ0v) is 11.3. The Morgan fingerprint density at radius 2 is 2.00 bits per heavy atom. The SMILES string of the molecule is C=NC(C)(CC)C(N)=NCc1ccc(C(=O)O)cc1. The number of hydrogen-bond acceptors (Lipinski definition) is 3. The van der Waals surface area contributed by atoms with Gasteiger partial charge in [-0.2, -0.15) is 0 Å². The molecule has 3 N–H and O–H groups in total. The van der Waals surface area contributed by atoms with E-state index in [9.17, 15) is 4.79 Å². The minimum absolute atomic E-state index is 0.256. The van der Waals surface area contributed by atoms with E-state index in [1.807, 2.05) is 13.8 Å². The van der Waals surface area contributed by atoms with Crippen LogP contribution in [0.1, 0.15) is 36.2 Å². The van der Waals surface area contributed by atoms with Crippen LogP contribution in [0, 0.1) is 0 Å². The lowest BCUT2D eigenvalue weighted by Gasteiger charge is -2.22. The Morgan fingerprint density at radius 3 is 2.42 bits per heavy atom. The Labute approximate surface area is 112 Å². The molecule has 0 aliphatic rings. The van der Waals surface area contributed by atoms with Crippen molar-refractivity contribution in [2.75, 3.05) is 0 Å². The average molecular weight is 261 g/mol. The van der Waals surface area contributed by atoms with E-state index < -0.39 is 11.5 Å². The number of carboxylic acid groups (broad SMARTS) is 1.